The maximum atomic E-state index is 13.2. The van der Waals surface area contributed by atoms with E-state index < -0.39 is 5.60 Å². The van der Waals surface area contributed by atoms with Gasteiger partial charge in [-0.3, -0.25) is 0 Å². The number of benzene rings is 1. The Bertz CT molecular complexity index is 859. The number of nitrogens with zero attached hydrogens (tertiary/aromatic N) is 3. The van der Waals surface area contributed by atoms with Crippen LogP contribution in [-0.4, -0.2) is 33.1 Å². The van der Waals surface area contributed by atoms with Crippen LogP contribution in [-0.2, 0) is 5.60 Å². The molecule has 1 fully saturated rings. The van der Waals surface area contributed by atoms with Crippen LogP contribution in [0.3, 0.4) is 0 Å². The van der Waals surface area contributed by atoms with Crippen LogP contribution in [0.25, 0.3) is 23.0 Å². The molecule has 0 spiro atoms. The monoisotopic (exact) mass is 340 g/mol. The molecule has 0 aliphatic carbocycles. The van der Waals surface area contributed by atoms with Crippen LogP contribution in [0.15, 0.2) is 47.1 Å². The number of rotatable bonds is 3. The number of nitrogens with one attached hydrogen (secondary N) is 1. The Labute approximate surface area is 143 Å². The Morgan fingerprint density at radius 1 is 1.08 bits per heavy atom. The number of piperidine rings is 1. The zero-order valence-corrected chi connectivity index (χ0v) is 13.4. The van der Waals surface area contributed by atoms with Crippen molar-refractivity contribution in [2.75, 3.05) is 13.1 Å². The minimum atomic E-state index is -1.13. The van der Waals surface area contributed by atoms with Gasteiger partial charge in [0.15, 0.2) is 17.3 Å². The molecule has 6 nitrogen and oxygen atoms in total. The summed E-state index contributed by atoms with van der Waals surface area (Å²) in [5, 5.41) is 14.3. The predicted molar refractivity (Wildman–Crippen MR) is 88.9 cm³/mol. The Hall–Kier alpha value is -2.64. The third-order valence-electron chi connectivity index (χ3n) is 4.35. The summed E-state index contributed by atoms with van der Waals surface area (Å²) in [6, 6.07) is 7.58. The van der Waals surface area contributed by atoms with Crippen molar-refractivity contribution in [3.63, 3.8) is 0 Å². The van der Waals surface area contributed by atoms with Gasteiger partial charge in [0.1, 0.15) is 11.4 Å². The zero-order chi connectivity index (χ0) is 17.3. The second-order valence-electron chi connectivity index (χ2n) is 6.06. The van der Waals surface area contributed by atoms with Gasteiger partial charge in [0.25, 0.3) is 0 Å². The molecule has 0 bridgehead atoms. The van der Waals surface area contributed by atoms with Crippen molar-refractivity contribution >= 4 is 0 Å². The van der Waals surface area contributed by atoms with Gasteiger partial charge in [-0.05, 0) is 56.3 Å². The summed E-state index contributed by atoms with van der Waals surface area (Å²) in [5.41, 5.74) is -0.0860. The minimum Gasteiger partial charge on any atom is -0.437 e. The fourth-order valence-electron chi connectivity index (χ4n) is 2.99. The van der Waals surface area contributed by atoms with E-state index in [0.717, 1.165) is 0 Å². The Balaban J connectivity index is 1.84. The van der Waals surface area contributed by atoms with Crippen LogP contribution in [0, 0.1) is 5.82 Å². The van der Waals surface area contributed by atoms with E-state index in [1.165, 1.54) is 12.1 Å². The molecular formula is C18H17FN4O2. The van der Waals surface area contributed by atoms with E-state index >= 15 is 0 Å². The first-order chi connectivity index (χ1) is 12.2. The molecule has 128 valence electrons. The van der Waals surface area contributed by atoms with Gasteiger partial charge >= 0.3 is 0 Å². The van der Waals surface area contributed by atoms with Crippen molar-refractivity contribution in [3.05, 3.63) is 54.3 Å². The molecule has 0 radical (unpaired) electrons. The molecule has 4 rings (SSSR count). The highest BCUT2D eigenvalue weighted by molar-refractivity contribution is 5.61. The number of halogens is 1. The molecule has 0 amide bonds. The average molecular weight is 340 g/mol. The van der Waals surface area contributed by atoms with Gasteiger partial charge in [0, 0.05) is 18.0 Å². The first-order valence-corrected chi connectivity index (χ1v) is 8.13. The smallest absolute Gasteiger partial charge is 0.227 e. The summed E-state index contributed by atoms with van der Waals surface area (Å²) in [5.74, 6) is 0.727. The summed E-state index contributed by atoms with van der Waals surface area (Å²) in [4.78, 5) is 13.0. The topological polar surface area (TPSA) is 84.1 Å². The highest BCUT2D eigenvalue weighted by Crippen LogP contribution is 2.38. The fourth-order valence-corrected chi connectivity index (χ4v) is 2.99. The largest absolute Gasteiger partial charge is 0.437 e. The van der Waals surface area contributed by atoms with E-state index in [9.17, 15) is 9.50 Å². The minimum absolute atomic E-state index is 0.310. The Morgan fingerprint density at radius 2 is 1.76 bits per heavy atom. The van der Waals surface area contributed by atoms with Gasteiger partial charge in [-0.1, -0.05) is 0 Å². The molecule has 2 aromatic heterocycles. The number of aromatic nitrogens is 3. The second-order valence-corrected chi connectivity index (χ2v) is 6.06. The van der Waals surface area contributed by atoms with E-state index in [2.05, 4.69) is 20.3 Å². The van der Waals surface area contributed by atoms with Crippen LogP contribution in [0.2, 0.25) is 0 Å². The molecule has 3 aromatic rings. The van der Waals surface area contributed by atoms with E-state index in [1.807, 2.05) is 0 Å². The van der Waals surface area contributed by atoms with Gasteiger partial charge < -0.3 is 14.8 Å². The number of hydrogen-bond acceptors (Lipinski definition) is 6. The van der Waals surface area contributed by atoms with Gasteiger partial charge in [0.05, 0.1) is 0 Å². The van der Waals surface area contributed by atoms with Crippen molar-refractivity contribution in [1.82, 2.24) is 20.3 Å². The molecule has 1 aliphatic rings. The maximum absolute atomic E-state index is 13.2. The summed E-state index contributed by atoms with van der Waals surface area (Å²) >= 11 is 0. The molecule has 3 heterocycles. The lowest BCUT2D eigenvalue weighted by Gasteiger charge is -2.30. The summed E-state index contributed by atoms with van der Waals surface area (Å²) in [6.07, 6.45) is 4.24. The maximum Gasteiger partial charge on any atom is 0.227 e. The summed E-state index contributed by atoms with van der Waals surface area (Å²) < 4.78 is 19.1. The second kappa shape index (κ2) is 6.34. The number of aliphatic hydroxyl groups is 1. The van der Waals surface area contributed by atoms with Crippen LogP contribution >= 0.6 is 0 Å². The Kier molecular flexibility index (Phi) is 4.03. The first-order valence-electron chi connectivity index (χ1n) is 8.13. The van der Waals surface area contributed by atoms with Crippen LogP contribution in [0.1, 0.15) is 18.6 Å². The quantitative estimate of drug-likeness (QED) is 0.762. The fraction of sp³-hybridized carbons (Fsp3) is 0.278. The van der Waals surface area contributed by atoms with Crippen LogP contribution in [0.5, 0.6) is 0 Å². The van der Waals surface area contributed by atoms with Gasteiger partial charge in [-0.15, -0.1) is 0 Å². The predicted octanol–water partition coefficient (Wildman–Crippen LogP) is 2.51. The van der Waals surface area contributed by atoms with Crippen molar-refractivity contribution in [1.29, 1.82) is 0 Å². The van der Waals surface area contributed by atoms with Crippen molar-refractivity contribution in [2.24, 2.45) is 0 Å². The van der Waals surface area contributed by atoms with E-state index in [1.54, 1.807) is 30.6 Å². The number of hydrogen-bond donors (Lipinski definition) is 2. The molecule has 0 saturated carbocycles. The highest BCUT2D eigenvalue weighted by Gasteiger charge is 2.39. The molecule has 25 heavy (non-hydrogen) atoms. The lowest BCUT2D eigenvalue weighted by Crippen LogP contribution is -2.39. The normalized spacial score (nSPS) is 16.7. The standard InChI is InChI=1S/C18H17FN4O2/c19-13-4-2-12(3-5-13)17-23-14(16-21-8-1-9-22-16)15(25-17)18(24)6-10-20-11-7-18/h1-5,8-9,20,24H,6-7,10-11H2. The summed E-state index contributed by atoms with van der Waals surface area (Å²) in [6.45, 7) is 1.36. The van der Waals surface area contributed by atoms with Gasteiger partial charge in [-0.2, -0.15) is 0 Å². The van der Waals surface area contributed by atoms with Crippen LogP contribution in [0.4, 0.5) is 4.39 Å². The van der Waals surface area contributed by atoms with Gasteiger partial charge in [-0.25, -0.2) is 19.3 Å². The van der Waals surface area contributed by atoms with E-state index in [-0.39, 0.29) is 5.82 Å². The lowest BCUT2D eigenvalue weighted by molar-refractivity contribution is -0.0126. The number of oxazole rings is 1. The van der Waals surface area contributed by atoms with Crippen molar-refractivity contribution in [2.45, 2.75) is 18.4 Å². The van der Waals surface area contributed by atoms with Gasteiger partial charge in [0.2, 0.25) is 5.89 Å². The first kappa shape index (κ1) is 15.9. The molecule has 1 saturated heterocycles. The molecule has 0 unspecified atom stereocenters. The third-order valence-corrected chi connectivity index (χ3v) is 4.35. The molecule has 2 N–H and O–H groups in total. The SMILES string of the molecule is OC1(c2oc(-c3ccc(F)cc3)nc2-c2ncccn2)CCNCC1. The third kappa shape index (κ3) is 3.04. The van der Waals surface area contributed by atoms with E-state index in [4.69, 9.17) is 4.42 Å². The van der Waals surface area contributed by atoms with E-state index in [0.29, 0.717) is 54.7 Å². The molecular weight excluding hydrogens is 323 g/mol. The highest BCUT2D eigenvalue weighted by atomic mass is 19.1. The average Bonchev–Trinajstić information content (AvgIpc) is 3.10. The van der Waals surface area contributed by atoms with Crippen molar-refractivity contribution in [3.8, 4) is 23.0 Å². The summed E-state index contributed by atoms with van der Waals surface area (Å²) in [7, 11) is 0. The molecule has 0 atom stereocenters. The molecule has 1 aromatic carbocycles. The Morgan fingerprint density at radius 3 is 2.44 bits per heavy atom. The van der Waals surface area contributed by atoms with Crippen molar-refractivity contribution < 1.29 is 13.9 Å². The molecule has 7 heteroatoms. The van der Waals surface area contributed by atoms with Crippen LogP contribution < -0.4 is 5.32 Å². The lowest BCUT2D eigenvalue weighted by atomic mass is 9.88. The molecule has 1 aliphatic heterocycles. The zero-order valence-electron chi connectivity index (χ0n) is 13.4.